The number of nitrogens with zero attached hydrogens (tertiary/aromatic N) is 3. The van der Waals surface area contributed by atoms with E-state index in [0.717, 1.165) is 17.3 Å². The molecule has 0 unspecified atom stereocenters. The van der Waals surface area contributed by atoms with Crippen LogP contribution in [-0.4, -0.2) is 166 Å². The number of halogens is 5. The number of aliphatic carboxylic acids is 1. The Morgan fingerprint density at radius 3 is 2.00 bits per heavy atom. The number of hydrogen-bond donors (Lipinski definition) is 7. The highest BCUT2D eigenvalue weighted by Crippen LogP contribution is 2.42. The number of aromatic nitrogens is 3. The van der Waals surface area contributed by atoms with E-state index in [0.29, 0.717) is 30.0 Å². The predicted octanol–water partition coefficient (Wildman–Crippen LogP) is 1.42. The first kappa shape index (κ1) is 56.2. The van der Waals surface area contributed by atoms with Gasteiger partial charge in [-0.15, -0.1) is 16.9 Å². The van der Waals surface area contributed by atoms with Crippen molar-refractivity contribution in [2.24, 2.45) is 0 Å². The minimum atomic E-state index is -2.37. The Hall–Kier alpha value is -5.68. The second kappa shape index (κ2) is 27.8. The summed E-state index contributed by atoms with van der Waals surface area (Å²) in [4.78, 5) is 47.3. The highest BCUT2D eigenvalue weighted by molar-refractivity contribution is 8.00. The molecular weight excluding hydrogens is 978 g/mol. The second-order valence-electron chi connectivity index (χ2n) is 15.6. The van der Waals surface area contributed by atoms with Crippen LogP contribution in [0.15, 0.2) is 60.8 Å². The van der Waals surface area contributed by atoms with E-state index in [9.17, 15) is 66.7 Å². The lowest BCUT2D eigenvalue weighted by atomic mass is 9.89. The minimum Gasteiger partial charge on any atom is -0.478 e. The van der Waals surface area contributed by atoms with Gasteiger partial charge in [-0.1, -0.05) is 59.8 Å². The van der Waals surface area contributed by atoms with Gasteiger partial charge in [0.15, 0.2) is 0 Å². The first-order valence-electron chi connectivity index (χ1n) is 21.9. The van der Waals surface area contributed by atoms with E-state index in [4.69, 9.17) is 23.7 Å². The fourth-order valence-corrected chi connectivity index (χ4v) is 7.96. The molecular formula is C45H52F5N5O15S. The van der Waals surface area contributed by atoms with Crippen molar-refractivity contribution in [2.75, 3.05) is 66.0 Å². The molecule has 5 rings (SSSR count). The van der Waals surface area contributed by atoms with Gasteiger partial charge in [-0.2, -0.15) is 8.78 Å². The van der Waals surface area contributed by atoms with Crippen LogP contribution in [0.25, 0.3) is 11.3 Å². The Kier molecular flexibility index (Phi) is 22.0. The van der Waals surface area contributed by atoms with E-state index in [1.807, 2.05) is 0 Å². The quantitative estimate of drug-likeness (QED) is 0.0101. The zero-order valence-electron chi connectivity index (χ0n) is 37.7. The summed E-state index contributed by atoms with van der Waals surface area (Å²) in [5, 5.41) is 65.9. The van der Waals surface area contributed by atoms with Crippen LogP contribution in [0, 0.1) is 29.1 Å². The number of benzene rings is 3. The van der Waals surface area contributed by atoms with Crippen LogP contribution in [0.1, 0.15) is 24.0 Å². The number of carbonyl (C=O) groups excluding carboxylic acids is 3. The maximum Gasteiger partial charge on any atom is 0.346 e. The number of rotatable bonds is 29. The number of ether oxygens (including phenoxy) is 6. The van der Waals surface area contributed by atoms with Crippen LogP contribution in [-0.2, 0) is 61.6 Å². The van der Waals surface area contributed by atoms with Crippen molar-refractivity contribution < 1.29 is 95.1 Å². The third-order valence-electron chi connectivity index (χ3n) is 10.5. The van der Waals surface area contributed by atoms with E-state index in [-0.39, 0.29) is 58.4 Å². The smallest absolute Gasteiger partial charge is 0.346 e. The maximum absolute atomic E-state index is 13.6. The third-order valence-corrected chi connectivity index (χ3v) is 11.9. The first-order valence-corrected chi connectivity index (χ1v) is 22.8. The Morgan fingerprint density at radius 1 is 0.803 bits per heavy atom. The summed E-state index contributed by atoms with van der Waals surface area (Å²) in [6, 6.07) is 14.3. The largest absolute Gasteiger partial charge is 0.478 e. The topological polar surface area (TPSA) is 280 Å². The molecule has 388 valence electrons. The van der Waals surface area contributed by atoms with Gasteiger partial charge in [0.25, 0.3) is 0 Å². The molecule has 2 amide bonds. The molecule has 1 saturated heterocycles. The average Bonchev–Trinajstić information content (AvgIpc) is 3.84. The normalized spacial score (nSPS) is 18.7. The summed E-state index contributed by atoms with van der Waals surface area (Å²) in [6.45, 7) is 0.0171. The Balaban J connectivity index is 0.945. The lowest BCUT2D eigenvalue weighted by molar-refractivity contribution is -0.203. The molecule has 2 heterocycles. The number of amides is 2. The van der Waals surface area contributed by atoms with Crippen molar-refractivity contribution in [3.05, 3.63) is 101 Å². The molecule has 4 aromatic rings. The number of esters is 1. The van der Waals surface area contributed by atoms with Crippen molar-refractivity contribution in [1.29, 1.82) is 0 Å². The lowest BCUT2D eigenvalue weighted by Gasteiger charge is -2.46. The maximum atomic E-state index is 13.6. The van der Waals surface area contributed by atoms with Crippen LogP contribution in [0.3, 0.4) is 0 Å². The zero-order chi connectivity index (χ0) is 51.5. The summed E-state index contributed by atoms with van der Waals surface area (Å²) >= 11 is 0.841. The Labute approximate surface area is 406 Å². The standard InChI is InChI=1S/C45H52F5N5O15S/c46-35-36(47)38(49)42(39(50)37(35)48)69-34(61)10-12-65-14-16-67-18-19-68-17-15-66-13-11-55-23-29(53-54-55)28-8-6-26(7-9-28)20-32(59)51-22-31(58)41(62)43-40(52-33(60)24-56)30(57)21-45(70-43,44(63)64)71-25-27-4-2-1-3-5-27/h1-9,23,30-31,40-41,43,56-58,62H,10-22,24-25H2,(H,51,59)(H,52,60)(H,63,64)/t30-,31+,40+,41+,43+,45-/m0/s1. The predicted molar refractivity (Wildman–Crippen MR) is 237 cm³/mol. The van der Waals surface area contributed by atoms with Gasteiger partial charge in [-0.3, -0.25) is 14.4 Å². The molecule has 0 spiro atoms. The molecule has 1 aromatic heterocycles. The zero-order valence-corrected chi connectivity index (χ0v) is 38.5. The van der Waals surface area contributed by atoms with Crippen molar-refractivity contribution in [3.63, 3.8) is 0 Å². The molecule has 6 atom stereocenters. The number of nitrogens with one attached hydrogen (secondary N) is 2. The van der Waals surface area contributed by atoms with Crippen molar-refractivity contribution >= 4 is 35.5 Å². The van der Waals surface area contributed by atoms with E-state index < -0.39 is 120 Å². The first-order chi connectivity index (χ1) is 34.0. The number of hydrogen-bond acceptors (Lipinski definition) is 17. The van der Waals surface area contributed by atoms with Gasteiger partial charge >= 0.3 is 11.9 Å². The van der Waals surface area contributed by atoms with Gasteiger partial charge < -0.3 is 64.6 Å². The molecule has 0 saturated carbocycles. The number of carboxylic acid groups (broad SMARTS) is 1. The fraction of sp³-hybridized carbons (Fsp3) is 0.467. The Morgan fingerprint density at radius 2 is 1.39 bits per heavy atom. The van der Waals surface area contributed by atoms with Crippen LogP contribution in [0.2, 0.25) is 0 Å². The Bertz CT molecular complexity index is 2350. The number of aliphatic hydroxyl groups excluding tert-OH is 4. The fourth-order valence-electron chi connectivity index (χ4n) is 6.77. The van der Waals surface area contributed by atoms with Gasteiger partial charge in [0, 0.05) is 24.3 Å². The van der Waals surface area contributed by atoms with Crippen LogP contribution in [0.5, 0.6) is 5.75 Å². The third kappa shape index (κ3) is 16.4. The van der Waals surface area contributed by atoms with Crippen molar-refractivity contribution in [3.8, 4) is 17.0 Å². The highest BCUT2D eigenvalue weighted by Gasteiger charge is 2.55. The summed E-state index contributed by atoms with van der Waals surface area (Å²) in [7, 11) is 0. The molecule has 0 bridgehead atoms. The second-order valence-corrected chi connectivity index (χ2v) is 16.8. The van der Waals surface area contributed by atoms with E-state index >= 15 is 0 Å². The van der Waals surface area contributed by atoms with Crippen molar-refractivity contribution in [1.82, 2.24) is 25.6 Å². The van der Waals surface area contributed by atoms with Gasteiger partial charge in [0.1, 0.15) is 24.5 Å². The van der Waals surface area contributed by atoms with E-state index in [2.05, 4.69) is 25.7 Å². The summed E-state index contributed by atoms with van der Waals surface area (Å²) < 4.78 is 100. The molecule has 26 heteroatoms. The summed E-state index contributed by atoms with van der Waals surface area (Å²) in [6.07, 6.45) is -6.36. The molecule has 1 aliphatic heterocycles. The summed E-state index contributed by atoms with van der Waals surface area (Å²) in [5.41, 5.74) is 2.60. The molecule has 0 radical (unpaired) electrons. The van der Waals surface area contributed by atoms with Gasteiger partial charge in [-0.05, 0) is 11.1 Å². The highest BCUT2D eigenvalue weighted by atomic mass is 32.2. The minimum absolute atomic E-state index is 0.0260. The number of aliphatic hydroxyl groups is 4. The number of thioether (sulfide) groups is 1. The lowest BCUT2D eigenvalue weighted by Crippen LogP contribution is -2.67. The molecule has 1 aliphatic rings. The van der Waals surface area contributed by atoms with Crippen LogP contribution in [0.4, 0.5) is 22.0 Å². The van der Waals surface area contributed by atoms with E-state index in [1.165, 1.54) is 0 Å². The van der Waals surface area contributed by atoms with Crippen LogP contribution >= 0.6 is 11.8 Å². The monoisotopic (exact) mass is 1030 g/mol. The van der Waals surface area contributed by atoms with Gasteiger partial charge in [-0.25, -0.2) is 22.6 Å². The molecule has 20 nitrogen and oxygen atoms in total. The van der Waals surface area contributed by atoms with Gasteiger partial charge in [0.2, 0.25) is 51.6 Å². The molecule has 1 fully saturated rings. The number of carboxylic acids is 1. The molecule has 0 aliphatic carbocycles. The SMILES string of the molecule is O=C(Cc1ccc(-c2cn(CCOCCOCCOCCOCCC(=O)Oc3c(F)c(F)c(F)c(F)c3F)nn2)cc1)NC[C@@H](O)[C@@H](O)[C@@H]1O[C@@](SCc2ccccc2)(C(=O)O)C[C@H](O)[C@H]1NC(=O)CO. The van der Waals surface area contributed by atoms with E-state index in [1.54, 1.807) is 65.5 Å². The molecule has 71 heavy (non-hydrogen) atoms. The van der Waals surface area contributed by atoms with Gasteiger partial charge in [0.05, 0.1) is 96.7 Å². The number of carbonyl (C=O) groups is 4. The molecule has 3 aromatic carbocycles. The van der Waals surface area contributed by atoms with Crippen molar-refractivity contribution in [2.45, 2.75) is 67.0 Å². The molecule has 7 N–H and O–H groups in total. The van der Waals surface area contributed by atoms with Crippen LogP contribution < -0.4 is 15.4 Å². The summed E-state index contributed by atoms with van der Waals surface area (Å²) in [5.74, 6) is -17.1. The average molecular weight is 1030 g/mol.